The van der Waals surface area contributed by atoms with Crippen molar-refractivity contribution in [2.75, 3.05) is 26.7 Å². The molecule has 0 bridgehead atoms. The van der Waals surface area contributed by atoms with E-state index < -0.39 is 0 Å². The third kappa shape index (κ3) is 3.59. The lowest BCUT2D eigenvalue weighted by Gasteiger charge is -2.28. The molecule has 3 nitrogen and oxygen atoms in total. The van der Waals surface area contributed by atoms with E-state index in [-0.39, 0.29) is 5.91 Å². The van der Waals surface area contributed by atoms with E-state index in [1.54, 1.807) is 0 Å². The third-order valence-corrected chi connectivity index (χ3v) is 2.55. The van der Waals surface area contributed by atoms with E-state index in [1.807, 2.05) is 0 Å². The van der Waals surface area contributed by atoms with Crippen LogP contribution in [0.15, 0.2) is 6.58 Å². The molecule has 0 spiro atoms. The second-order valence-electron chi connectivity index (χ2n) is 3.63. The van der Waals surface area contributed by atoms with Crippen LogP contribution in [0, 0.1) is 12.0 Å². The first-order valence-electron chi connectivity index (χ1n) is 4.72. The zero-order valence-corrected chi connectivity index (χ0v) is 8.18. The molecule has 0 aliphatic carbocycles. The molecule has 0 unspecified atom stereocenters. The number of carbonyl (C=O) groups is 1. The summed E-state index contributed by atoms with van der Waals surface area (Å²) >= 11 is 0. The number of amides is 1. The molecule has 1 aliphatic heterocycles. The Hall–Kier alpha value is -0.830. The van der Waals surface area contributed by atoms with E-state index in [9.17, 15) is 4.79 Å². The average molecular weight is 181 g/mol. The van der Waals surface area contributed by atoms with Crippen LogP contribution < -0.4 is 5.32 Å². The Kier molecular flexibility index (Phi) is 3.96. The van der Waals surface area contributed by atoms with E-state index in [4.69, 9.17) is 0 Å². The molecule has 1 aliphatic rings. The molecule has 1 fully saturated rings. The number of piperidine rings is 1. The van der Waals surface area contributed by atoms with Gasteiger partial charge in [-0.25, -0.2) is 0 Å². The molecule has 3 heteroatoms. The van der Waals surface area contributed by atoms with Gasteiger partial charge < -0.3 is 10.2 Å². The lowest BCUT2D eigenvalue weighted by atomic mass is 9.97. The van der Waals surface area contributed by atoms with Gasteiger partial charge in [-0.1, -0.05) is 6.58 Å². The Labute approximate surface area is 79.8 Å². The van der Waals surface area contributed by atoms with E-state index in [0.717, 1.165) is 19.6 Å². The van der Waals surface area contributed by atoms with Crippen molar-refractivity contribution in [3.05, 3.63) is 12.7 Å². The van der Waals surface area contributed by atoms with E-state index >= 15 is 0 Å². The molecule has 0 aromatic carbocycles. The fourth-order valence-corrected chi connectivity index (χ4v) is 1.57. The molecule has 1 heterocycles. The van der Waals surface area contributed by atoms with Crippen molar-refractivity contribution in [3.63, 3.8) is 0 Å². The normalized spacial score (nSPS) is 19.8. The summed E-state index contributed by atoms with van der Waals surface area (Å²) in [7, 11) is 2.13. The third-order valence-electron chi connectivity index (χ3n) is 2.55. The number of hydrogen-bond donors (Lipinski definition) is 1. The maximum Gasteiger partial charge on any atom is 0.251 e. The fraction of sp³-hybridized carbons (Fsp3) is 0.700. The molecule has 1 saturated heterocycles. The molecule has 1 rings (SSSR count). The van der Waals surface area contributed by atoms with Gasteiger partial charge >= 0.3 is 0 Å². The fourth-order valence-electron chi connectivity index (χ4n) is 1.57. The number of hydrogen-bond acceptors (Lipinski definition) is 2. The van der Waals surface area contributed by atoms with Crippen LogP contribution in [0.1, 0.15) is 12.8 Å². The van der Waals surface area contributed by atoms with Gasteiger partial charge in [-0.05, 0) is 38.9 Å². The van der Waals surface area contributed by atoms with Crippen LogP contribution in [-0.4, -0.2) is 37.5 Å². The van der Waals surface area contributed by atoms with E-state index in [0.29, 0.717) is 5.92 Å². The highest BCUT2D eigenvalue weighted by molar-refractivity contribution is 5.82. The zero-order valence-electron chi connectivity index (χ0n) is 8.18. The molecule has 0 saturated carbocycles. The van der Waals surface area contributed by atoms with Crippen LogP contribution in [0.4, 0.5) is 0 Å². The first-order chi connectivity index (χ1) is 6.22. The summed E-state index contributed by atoms with van der Waals surface area (Å²) in [6.07, 6.45) is 4.65. The quantitative estimate of drug-likeness (QED) is 0.640. The minimum Gasteiger partial charge on any atom is -0.352 e. The summed E-state index contributed by atoms with van der Waals surface area (Å²) < 4.78 is 0. The second-order valence-corrected chi connectivity index (χ2v) is 3.63. The molecular formula is C10H17N2O. The van der Waals surface area contributed by atoms with Crippen molar-refractivity contribution in [3.8, 4) is 0 Å². The smallest absolute Gasteiger partial charge is 0.251 e. The van der Waals surface area contributed by atoms with Gasteiger partial charge in [-0.2, -0.15) is 0 Å². The Morgan fingerprint density at radius 1 is 1.62 bits per heavy atom. The molecule has 0 atom stereocenters. The summed E-state index contributed by atoms with van der Waals surface area (Å²) in [4.78, 5) is 13.1. The van der Waals surface area contributed by atoms with Crippen molar-refractivity contribution in [1.29, 1.82) is 0 Å². The Morgan fingerprint density at radius 2 is 2.23 bits per heavy atom. The van der Waals surface area contributed by atoms with Crippen LogP contribution >= 0.6 is 0 Å². The highest BCUT2D eigenvalue weighted by Gasteiger charge is 2.16. The van der Waals surface area contributed by atoms with Crippen molar-refractivity contribution < 1.29 is 4.79 Å². The molecule has 0 aromatic heterocycles. The predicted octanol–water partition coefficient (Wildman–Crippen LogP) is 0.434. The summed E-state index contributed by atoms with van der Waals surface area (Å²) in [5.74, 6) is 0.451. The van der Waals surface area contributed by atoms with Gasteiger partial charge in [0.15, 0.2) is 0 Å². The number of rotatable bonds is 3. The van der Waals surface area contributed by atoms with Gasteiger partial charge in [0.05, 0.1) is 0 Å². The Morgan fingerprint density at radius 3 is 2.77 bits per heavy atom. The van der Waals surface area contributed by atoms with Crippen molar-refractivity contribution >= 4 is 5.91 Å². The number of carbonyl (C=O) groups excluding carboxylic acids is 1. The number of likely N-dealkylation sites (tertiary alicyclic amines) is 1. The zero-order chi connectivity index (χ0) is 9.68. The summed E-state index contributed by atoms with van der Waals surface area (Å²) in [6.45, 7) is 6.34. The SMILES string of the molecule is C=[C]C(=O)NCC1CCN(C)CC1. The molecule has 1 amide bonds. The molecule has 0 aromatic rings. The molecule has 1 N–H and O–H groups in total. The van der Waals surface area contributed by atoms with Crippen molar-refractivity contribution in [1.82, 2.24) is 10.2 Å². The van der Waals surface area contributed by atoms with Gasteiger partial charge in [0.1, 0.15) is 0 Å². The van der Waals surface area contributed by atoms with Crippen molar-refractivity contribution in [2.24, 2.45) is 5.92 Å². The van der Waals surface area contributed by atoms with Gasteiger partial charge in [0, 0.05) is 12.6 Å². The lowest BCUT2D eigenvalue weighted by Crippen LogP contribution is -2.36. The summed E-state index contributed by atoms with van der Waals surface area (Å²) in [5.41, 5.74) is 0. The minimum absolute atomic E-state index is 0.182. The monoisotopic (exact) mass is 181 g/mol. The topological polar surface area (TPSA) is 32.3 Å². The van der Waals surface area contributed by atoms with Gasteiger partial charge in [-0.3, -0.25) is 4.79 Å². The van der Waals surface area contributed by atoms with E-state index in [1.165, 1.54) is 12.8 Å². The first-order valence-corrected chi connectivity index (χ1v) is 4.72. The average Bonchev–Trinajstić information content (AvgIpc) is 2.16. The summed E-state index contributed by atoms with van der Waals surface area (Å²) in [5, 5.41) is 2.79. The first kappa shape index (κ1) is 10.3. The van der Waals surface area contributed by atoms with Crippen LogP contribution in [0.2, 0.25) is 0 Å². The standard InChI is InChI=1S/C10H17N2O/c1-3-10(13)11-8-9-4-6-12(2)7-5-9/h9H,1,4-8H2,2H3,(H,11,13). The number of nitrogens with zero attached hydrogens (tertiary/aromatic N) is 1. The van der Waals surface area contributed by atoms with Gasteiger partial charge in [0.25, 0.3) is 5.91 Å². The second kappa shape index (κ2) is 5.02. The Balaban J connectivity index is 2.15. The molecule has 1 radical (unpaired) electrons. The highest BCUT2D eigenvalue weighted by atomic mass is 16.1. The van der Waals surface area contributed by atoms with Gasteiger partial charge in [-0.15, -0.1) is 0 Å². The highest BCUT2D eigenvalue weighted by Crippen LogP contribution is 2.14. The predicted molar refractivity (Wildman–Crippen MR) is 52.1 cm³/mol. The lowest BCUT2D eigenvalue weighted by molar-refractivity contribution is -0.117. The molecular weight excluding hydrogens is 164 g/mol. The maximum absolute atomic E-state index is 10.8. The largest absolute Gasteiger partial charge is 0.352 e. The summed E-state index contributed by atoms with van der Waals surface area (Å²) in [6, 6.07) is 0. The van der Waals surface area contributed by atoms with Crippen LogP contribution in [0.5, 0.6) is 0 Å². The number of nitrogens with one attached hydrogen (secondary N) is 1. The maximum atomic E-state index is 10.8. The van der Waals surface area contributed by atoms with Gasteiger partial charge in [0.2, 0.25) is 0 Å². The molecule has 13 heavy (non-hydrogen) atoms. The van der Waals surface area contributed by atoms with Crippen LogP contribution in [0.25, 0.3) is 0 Å². The Bertz CT molecular complexity index is 183. The van der Waals surface area contributed by atoms with Crippen LogP contribution in [-0.2, 0) is 4.79 Å². The van der Waals surface area contributed by atoms with E-state index in [2.05, 4.69) is 29.9 Å². The van der Waals surface area contributed by atoms with Crippen molar-refractivity contribution in [2.45, 2.75) is 12.8 Å². The van der Waals surface area contributed by atoms with Crippen LogP contribution in [0.3, 0.4) is 0 Å². The molecule has 73 valence electrons. The minimum atomic E-state index is -0.182.